The van der Waals surface area contributed by atoms with Crippen molar-refractivity contribution in [2.45, 2.75) is 50.1 Å². The van der Waals surface area contributed by atoms with E-state index in [1.807, 2.05) is 6.07 Å². The van der Waals surface area contributed by atoms with Gasteiger partial charge in [-0.2, -0.15) is 36.9 Å². The van der Waals surface area contributed by atoms with Crippen molar-refractivity contribution in [2.75, 3.05) is 5.32 Å². The average Bonchev–Trinajstić information content (AvgIpc) is 3.24. The topological polar surface area (TPSA) is 88.7 Å². The maximum atomic E-state index is 13.7. The number of hydrogen-bond acceptors (Lipinski definition) is 4. The molecule has 2 aromatic rings. The molecule has 1 aliphatic heterocycles. The number of nitrogens with zero attached hydrogens (tertiary/aromatic N) is 2. The van der Waals surface area contributed by atoms with Crippen LogP contribution in [0.15, 0.2) is 36.4 Å². The number of benzene rings is 2. The van der Waals surface area contributed by atoms with Crippen molar-refractivity contribution >= 4 is 11.6 Å². The molecule has 178 valence electrons. The molecular formula is C23H18F6N4O. The molecule has 2 N–H and O–H groups in total. The van der Waals surface area contributed by atoms with E-state index in [-0.39, 0.29) is 5.56 Å². The van der Waals surface area contributed by atoms with Gasteiger partial charge in [0.2, 0.25) is 5.91 Å². The lowest BCUT2D eigenvalue weighted by molar-refractivity contribution is -0.156. The van der Waals surface area contributed by atoms with Gasteiger partial charge in [-0.15, -0.1) is 0 Å². The maximum Gasteiger partial charge on any atom is 0.417 e. The Bertz CT molecular complexity index is 1180. The molecule has 1 aliphatic rings. The van der Waals surface area contributed by atoms with Crippen LogP contribution in [0.2, 0.25) is 0 Å². The van der Waals surface area contributed by atoms with Crippen LogP contribution < -0.4 is 10.6 Å². The molecule has 0 saturated carbocycles. The fraction of sp³-hybridized carbons (Fsp3) is 0.348. The second-order valence-corrected chi connectivity index (χ2v) is 7.82. The van der Waals surface area contributed by atoms with Gasteiger partial charge in [0.25, 0.3) is 0 Å². The Hall–Kier alpha value is -3.57. The molecule has 2 aromatic carbocycles. The maximum absolute atomic E-state index is 13.7. The minimum absolute atomic E-state index is 0.274. The predicted molar refractivity (Wildman–Crippen MR) is 109 cm³/mol. The number of nitriles is 2. The summed E-state index contributed by atoms with van der Waals surface area (Å²) in [4.78, 5) is 12.8. The average molecular weight is 480 g/mol. The number of rotatable bonds is 4. The Kier molecular flexibility index (Phi) is 6.89. The van der Waals surface area contributed by atoms with Gasteiger partial charge >= 0.3 is 12.4 Å². The number of alkyl halides is 6. The van der Waals surface area contributed by atoms with E-state index in [0.717, 1.165) is 12.1 Å². The first-order chi connectivity index (χ1) is 15.9. The van der Waals surface area contributed by atoms with Crippen molar-refractivity contribution in [1.29, 1.82) is 10.5 Å². The molecule has 0 aromatic heterocycles. The quantitative estimate of drug-likeness (QED) is 0.601. The zero-order valence-electron chi connectivity index (χ0n) is 17.7. The number of carbonyl (C=O) groups is 1. The lowest BCUT2D eigenvalue weighted by atomic mass is 9.88. The molecule has 0 spiro atoms. The summed E-state index contributed by atoms with van der Waals surface area (Å²) >= 11 is 0. The number of aryl methyl sites for hydroxylation is 1. The number of nitrogens with one attached hydrogen (secondary N) is 2. The van der Waals surface area contributed by atoms with Gasteiger partial charge in [0.1, 0.15) is 6.04 Å². The summed E-state index contributed by atoms with van der Waals surface area (Å²) in [6.45, 7) is 1.78. The molecule has 3 atom stereocenters. The third kappa shape index (κ3) is 5.15. The summed E-state index contributed by atoms with van der Waals surface area (Å²) in [5.41, 5.74) is -1.01. The van der Waals surface area contributed by atoms with Crippen molar-refractivity contribution in [3.05, 3.63) is 64.2 Å². The Morgan fingerprint density at radius 2 is 1.79 bits per heavy atom. The smallest absolute Gasteiger partial charge is 0.324 e. The molecule has 1 unspecified atom stereocenters. The fourth-order valence-corrected chi connectivity index (χ4v) is 4.05. The Morgan fingerprint density at radius 3 is 2.35 bits per heavy atom. The first-order valence-electron chi connectivity index (χ1n) is 10.2. The molecule has 0 aliphatic carbocycles. The lowest BCUT2D eigenvalue weighted by Gasteiger charge is -2.23. The monoisotopic (exact) mass is 480 g/mol. The molecule has 1 amide bonds. The molecule has 5 nitrogen and oxygen atoms in total. The predicted octanol–water partition coefficient (Wildman–Crippen LogP) is 5.03. The summed E-state index contributed by atoms with van der Waals surface area (Å²) in [5, 5.41) is 22.7. The summed E-state index contributed by atoms with van der Waals surface area (Å²) in [7, 11) is 0. The highest BCUT2D eigenvalue weighted by atomic mass is 19.4. The van der Waals surface area contributed by atoms with E-state index in [4.69, 9.17) is 10.5 Å². The number of carbonyl (C=O) groups excluding carboxylic acids is 1. The second-order valence-electron chi connectivity index (χ2n) is 7.82. The van der Waals surface area contributed by atoms with E-state index < -0.39 is 53.8 Å². The minimum atomic E-state index is -4.93. The molecule has 11 heteroatoms. The van der Waals surface area contributed by atoms with Crippen LogP contribution in [0.5, 0.6) is 0 Å². The van der Waals surface area contributed by atoms with Gasteiger partial charge in [-0.05, 0) is 54.3 Å². The summed E-state index contributed by atoms with van der Waals surface area (Å²) in [6.07, 6.45) is -9.72. The van der Waals surface area contributed by atoms with E-state index >= 15 is 0 Å². The first kappa shape index (κ1) is 25.1. The van der Waals surface area contributed by atoms with Gasteiger partial charge < -0.3 is 5.32 Å². The van der Waals surface area contributed by atoms with E-state index in [1.54, 1.807) is 13.0 Å². The largest absolute Gasteiger partial charge is 0.417 e. The van der Waals surface area contributed by atoms with Gasteiger partial charge in [-0.3, -0.25) is 10.1 Å². The molecular weight excluding hydrogens is 462 g/mol. The van der Waals surface area contributed by atoms with Crippen LogP contribution in [0, 0.1) is 22.7 Å². The number of halogens is 6. The molecule has 0 radical (unpaired) electrons. The van der Waals surface area contributed by atoms with Gasteiger partial charge in [-0.25, -0.2) is 0 Å². The normalized spacial score (nSPS) is 20.4. The summed E-state index contributed by atoms with van der Waals surface area (Å²) in [5.74, 6) is -2.25. The van der Waals surface area contributed by atoms with Gasteiger partial charge in [0.05, 0.1) is 34.9 Å². The van der Waals surface area contributed by atoms with Crippen LogP contribution in [0.1, 0.15) is 47.1 Å². The van der Waals surface area contributed by atoms with E-state index in [9.17, 15) is 31.1 Å². The third-order valence-corrected chi connectivity index (χ3v) is 5.71. The SMILES string of the molecule is CCc1cc(C#N)ccc1NC(=O)[C@@H]1CC(c2ccc(C#N)c(C(F)(F)F)c2)[C@H](C(F)(F)F)N1. The highest BCUT2D eigenvalue weighted by molar-refractivity contribution is 5.96. The van der Waals surface area contributed by atoms with Crippen LogP contribution in [-0.2, 0) is 17.4 Å². The molecule has 1 fully saturated rings. The fourth-order valence-electron chi connectivity index (χ4n) is 4.05. The van der Waals surface area contributed by atoms with Crippen LogP contribution in [0.3, 0.4) is 0 Å². The first-order valence-corrected chi connectivity index (χ1v) is 10.2. The highest BCUT2D eigenvalue weighted by Crippen LogP contribution is 2.42. The zero-order valence-corrected chi connectivity index (χ0v) is 17.7. The third-order valence-electron chi connectivity index (χ3n) is 5.71. The number of anilines is 1. The van der Waals surface area contributed by atoms with Crippen LogP contribution in [-0.4, -0.2) is 24.2 Å². The van der Waals surface area contributed by atoms with Crippen molar-refractivity contribution < 1.29 is 31.1 Å². The Balaban J connectivity index is 1.91. The van der Waals surface area contributed by atoms with Crippen molar-refractivity contribution in [2.24, 2.45) is 0 Å². The second kappa shape index (κ2) is 9.35. The number of hydrogen-bond donors (Lipinski definition) is 2. The van der Waals surface area contributed by atoms with E-state index in [2.05, 4.69) is 10.6 Å². The molecule has 1 heterocycles. The Labute approximate surface area is 191 Å². The van der Waals surface area contributed by atoms with Gasteiger partial charge in [0, 0.05) is 11.6 Å². The summed E-state index contributed by atoms with van der Waals surface area (Å²) in [6, 6.07) is 6.66. The van der Waals surface area contributed by atoms with Crippen molar-refractivity contribution in [3.63, 3.8) is 0 Å². The van der Waals surface area contributed by atoms with Crippen LogP contribution >= 0.6 is 0 Å². The van der Waals surface area contributed by atoms with Crippen LogP contribution in [0.4, 0.5) is 32.0 Å². The van der Waals surface area contributed by atoms with Gasteiger partial charge in [-0.1, -0.05) is 13.0 Å². The minimum Gasteiger partial charge on any atom is -0.324 e. The summed E-state index contributed by atoms with van der Waals surface area (Å²) < 4.78 is 81.2. The Morgan fingerprint density at radius 1 is 1.09 bits per heavy atom. The van der Waals surface area contributed by atoms with Gasteiger partial charge in [0.15, 0.2) is 0 Å². The molecule has 0 bridgehead atoms. The van der Waals surface area contributed by atoms with Crippen molar-refractivity contribution in [1.82, 2.24) is 5.32 Å². The highest BCUT2D eigenvalue weighted by Gasteiger charge is 2.52. The zero-order chi connectivity index (χ0) is 25.3. The van der Waals surface area contributed by atoms with Crippen molar-refractivity contribution in [3.8, 4) is 12.1 Å². The van der Waals surface area contributed by atoms with Crippen LogP contribution in [0.25, 0.3) is 0 Å². The molecule has 3 rings (SSSR count). The van der Waals surface area contributed by atoms with E-state index in [1.165, 1.54) is 18.2 Å². The molecule has 1 saturated heterocycles. The number of amides is 1. The van der Waals surface area contributed by atoms with E-state index in [0.29, 0.717) is 29.3 Å². The molecule has 34 heavy (non-hydrogen) atoms. The lowest BCUT2D eigenvalue weighted by Crippen LogP contribution is -2.46. The standard InChI is InChI=1S/C23H18F6N4O/c1-2-13-7-12(10-30)3-6-18(13)33-21(34)19-9-16(20(32-19)23(27,28)29)14-4-5-15(11-31)17(8-14)22(24,25)26/h3-8,16,19-20,32H,2,9H2,1H3,(H,33,34)/t16?,19-,20+/m0/s1.